The number of ketones is 2. The first-order valence-corrected chi connectivity index (χ1v) is 8.82. The van der Waals surface area contributed by atoms with Crippen LogP contribution in [0.1, 0.15) is 20.7 Å². The molecule has 0 aliphatic rings. The van der Waals surface area contributed by atoms with Crippen LogP contribution in [0.4, 0.5) is 0 Å². The van der Waals surface area contributed by atoms with Gasteiger partial charge in [0.1, 0.15) is 0 Å². The summed E-state index contributed by atoms with van der Waals surface area (Å²) in [6.07, 6.45) is 6.86. The molecule has 2 aromatic carbocycles. The molecular weight excluding hydrogens is 348 g/mol. The summed E-state index contributed by atoms with van der Waals surface area (Å²) in [5.41, 5.74) is 4.70. The van der Waals surface area contributed by atoms with Gasteiger partial charge < -0.3 is 0 Å². The zero-order valence-electron chi connectivity index (χ0n) is 14.9. The number of carbonyl (C=O) groups excluding carboxylic acids is 2. The number of hydrogen-bond acceptors (Lipinski definition) is 4. The van der Waals surface area contributed by atoms with Gasteiger partial charge in [-0.25, -0.2) is 0 Å². The summed E-state index contributed by atoms with van der Waals surface area (Å²) in [4.78, 5) is 33.2. The van der Waals surface area contributed by atoms with E-state index >= 15 is 0 Å². The second-order valence-electron chi connectivity index (χ2n) is 6.28. The van der Waals surface area contributed by atoms with E-state index in [1.165, 1.54) is 0 Å². The molecule has 0 radical (unpaired) electrons. The van der Waals surface area contributed by atoms with Gasteiger partial charge in [0.2, 0.25) is 11.6 Å². The zero-order valence-corrected chi connectivity index (χ0v) is 14.9. The lowest BCUT2D eigenvalue weighted by Crippen LogP contribution is -2.14. The topological polar surface area (TPSA) is 59.9 Å². The molecule has 4 aromatic rings. The number of nitrogens with zero attached hydrogens (tertiary/aromatic N) is 2. The van der Waals surface area contributed by atoms with Crippen molar-refractivity contribution in [3.05, 3.63) is 109 Å². The summed E-state index contributed by atoms with van der Waals surface area (Å²) in [5, 5.41) is 0. The van der Waals surface area contributed by atoms with Crippen LogP contribution >= 0.6 is 0 Å². The first-order chi connectivity index (χ1) is 13.7. The second-order valence-corrected chi connectivity index (χ2v) is 6.28. The molecule has 0 bridgehead atoms. The van der Waals surface area contributed by atoms with Gasteiger partial charge in [0.25, 0.3) is 0 Å². The van der Waals surface area contributed by atoms with Crippen LogP contribution in [0.2, 0.25) is 0 Å². The third-order valence-corrected chi connectivity index (χ3v) is 4.53. The van der Waals surface area contributed by atoms with E-state index in [0.29, 0.717) is 11.1 Å². The highest BCUT2D eigenvalue weighted by atomic mass is 16.2. The van der Waals surface area contributed by atoms with Crippen LogP contribution in [0.5, 0.6) is 0 Å². The van der Waals surface area contributed by atoms with E-state index in [9.17, 15) is 9.59 Å². The van der Waals surface area contributed by atoms with E-state index in [1.54, 1.807) is 49.1 Å². The summed E-state index contributed by atoms with van der Waals surface area (Å²) in [6.45, 7) is 0. The van der Waals surface area contributed by atoms with Gasteiger partial charge >= 0.3 is 0 Å². The van der Waals surface area contributed by atoms with Crippen LogP contribution in [0.3, 0.4) is 0 Å². The fourth-order valence-electron chi connectivity index (χ4n) is 2.98. The number of rotatable bonds is 5. The molecule has 2 aromatic heterocycles. The maximum Gasteiger partial charge on any atom is 0.233 e. The van der Waals surface area contributed by atoms with Gasteiger partial charge in [-0.2, -0.15) is 0 Å². The predicted octanol–water partition coefficient (Wildman–Crippen LogP) is 4.88. The average molecular weight is 364 g/mol. The lowest BCUT2D eigenvalue weighted by Gasteiger charge is -2.05. The van der Waals surface area contributed by atoms with Crippen molar-refractivity contribution in [3.8, 4) is 22.3 Å². The third-order valence-electron chi connectivity index (χ3n) is 4.53. The van der Waals surface area contributed by atoms with Gasteiger partial charge in [-0.05, 0) is 46.5 Å². The Bertz CT molecular complexity index is 1010. The van der Waals surface area contributed by atoms with Crippen LogP contribution in [0.25, 0.3) is 22.3 Å². The minimum absolute atomic E-state index is 0.376. The van der Waals surface area contributed by atoms with Crippen molar-refractivity contribution in [2.75, 3.05) is 0 Å². The second kappa shape index (κ2) is 7.76. The Morgan fingerprint density at radius 1 is 0.429 bits per heavy atom. The average Bonchev–Trinajstić information content (AvgIpc) is 2.79. The molecule has 0 fully saturated rings. The van der Waals surface area contributed by atoms with Gasteiger partial charge in [0, 0.05) is 35.9 Å². The molecule has 2 heterocycles. The van der Waals surface area contributed by atoms with Crippen molar-refractivity contribution in [1.29, 1.82) is 0 Å². The summed E-state index contributed by atoms with van der Waals surface area (Å²) in [6, 6.07) is 21.7. The third kappa shape index (κ3) is 3.62. The van der Waals surface area contributed by atoms with Crippen LogP contribution < -0.4 is 0 Å². The number of aromatic nitrogens is 2. The molecule has 0 unspecified atom stereocenters. The number of hydrogen-bond donors (Lipinski definition) is 0. The molecule has 0 saturated heterocycles. The molecule has 4 heteroatoms. The Morgan fingerprint density at radius 3 is 1.04 bits per heavy atom. The molecule has 4 nitrogen and oxygen atoms in total. The SMILES string of the molecule is O=C(C(=O)c1ccc(-c2ccncc2)cc1)c1ccc(-c2ccncc2)cc1. The van der Waals surface area contributed by atoms with Crippen LogP contribution in [0, 0.1) is 0 Å². The Labute approximate surface area is 162 Å². The molecule has 134 valence electrons. The van der Waals surface area contributed by atoms with Crippen LogP contribution in [0.15, 0.2) is 97.6 Å². The lowest BCUT2D eigenvalue weighted by molar-refractivity contribution is 0.0817. The standard InChI is InChI=1S/C24H16N2O2/c27-23(21-5-1-17(2-6-21)19-9-13-25-14-10-19)24(28)22-7-3-18(4-8-22)20-11-15-26-16-12-20/h1-16H. The van der Waals surface area contributed by atoms with E-state index in [-0.39, 0.29) is 0 Å². The van der Waals surface area contributed by atoms with Crippen molar-refractivity contribution in [1.82, 2.24) is 9.97 Å². The van der Waals surface area contributed by atoms with Crippen LogP contribution in [-0.2, 0) is 0 Å². The zero-order chi connectivity index (χ0) is 19.3. The first-order valence-electron chi connectivity index (χ1n) is 8.82. The van der Waals surface area contributed by atoms with Gasteiger partial charge in [-0.1, -0.05) is 48.5 Å². The molecule has 4 rings (SSSR count). The van der Waals surface area contributed by atoms with E-state index in [1.807, 2.05) is 48.5 Å². The Hall–Kier alpha value is -3.92. The normalized spacial score (nSPS) is 10.4. The Balaban J connectivity index is 1.52. The summed E-state index contributed by atoms with van der Waals surface area (Å²) >= 11 is 0. The first kappa shape index (κ1) is 17.5. The van der Waals surface area contributed by atoms with Crippen molar-refractivity contribution < 1.29 is 9.59 Å². The monoisotopic (exact) mass is 364 g/mol. The molecule has 0 N–H and O–H groups in total. The lowest BCUT2D eigenvalue weighted by atomic mass is 9.97. The molecule has 0 amide bonds. The van der Waals surface area contributed by atoms with Crippen molar-refractivity contribution in [3.63, 3.8) is 0 Å². The van der Waals surface area contributed by atoms with Crippen molar-refractivity contribution in [2.24, 2.45) is 0 Å². The predicted molar refractivity (Wildman–Crippen MR) is 108 cm³/mol. The van der Waals surface area contributed by atoms with Gasteiger partial charge in [0.15, 0.2) is 0 Å². The maximum atomic E-state index is 12.6. The molecule has 0 aliphatic carbocycles. The summed E-state index contributed by atoms with van der Waals surface area (Å²) in [7, 11) is 0. The molecular formula is C24H16N2O2. The minimum Gasteiger partial charge on any atom is -0.285 e. The molecule has 0 saturated carbocycles. The fraction of sp³-hybridized carbons (Fsp3) is 0. The Kier molecular flexibility index (Phi) is 4.85. The number of Topliss-reactive ketones (excluding diaryl/α,β-unsaturated/α-hetero) is 2. The summed E-state index contributed by atoms with van der Waals surface area (Å²) < 4.78 is 0. The quantitative estimate of drug-likeness (QED) is 0.374. The smallest absolute Gasteiger partial charge is 0.233 e. The van der Waals surface area contributed by atoms with Crippen LogP contribution in [-0.4, -0.2) is 21.5 Å². The summed E-state index contributed by atoms with van der Waals surface area (Å²) in [5.74, 6) is -1.03. The molecule has 0 aliphatic heterocycles. The highest BCUT2D eigenvalue weighted by molar-refractivity contribution is 6.49. The number of pyridine rings is 2. The molecule has 28 heavy (non-hydrogen) atoms. The number of carbonyl (C=O) groups is 2. The van der Waals surface area contributed by atoms with E-state index in [0.717, 1.165) is 22.3 Å². The molecule has 0 spiro atoms. The van der Waals surface area contributed by atoms with E-state index < -0.39 is 11.6 Å². The van der Waals surface area contributed by atoms with Crippen molar-refractivity contribution in [2.45, 2.75) is 0 Å². The Morgan fingerprint density at radius 2 is 0.714 bits per heavy atom. The highest BCUT2D eigenvalue weighted by Gasteiger charge is 2.18. The van der Waals surface area contributed by atoms with Gasteiger partial charge in [-0.15, -0.1) is 0 Å². The van der Waals surface area contributed by atoms with Gasteiger partial charge in [-0.3, -0.25) is 19.6 Å². The van der Waals surface area contributed by atoms with Gasteiger partial charge in [0.05, 0.1) is 0 Å². The minimum atomic E-state index is -0.516. The number of benzene rings is 2. The maximum absolute atomic E-state index is 12.6. The highest BCUT2D eigenvalue weighted by Crippen LogP contribution is 2.21. The van der Waals surface area contributed by atoms with E-state index in [4.69, 9.17) is 0 Å². The largest absolute Gasteiger partial charge is 0.285 e. The fourth-order valence-corrected chi connectivity index (χ4v) is 2.98. The molecule has 0 atom stereocenters. The van der Waals surface area contributed by atoms with Crippen molar-refractivity contribution >= 4 is 11.6 Å². The van der Waals surface area contributed by atoms with E-state index in [2.05, 4.69) is 9.97 Å².